The Hall–Kier alpha value is -1.02. The molecule has 0 heterocycles. The predicted molar refractivity (Wildman–Crippen MR) is 321 cm³/mol. The second-order valence-electron chi connectivity index (χ2n) is 23.8. The number of aliphatic hydroxyl groups is 1. The Labute approximate surface area is 462 Å². The molecule has 3 unspecified atom stereocenters. The minimum absolute atomic E-state index is 0.0143. The Morgan fingerprint density at radius 2 is 0.784 bits per heavy atom. The van der Waals surface area contributed by atoms with E-state index in [1.165, 1.54) is 263 Å². The molecule has 0 aromatic carbocycles. The highest BCUT2D eigenvalue weighted by Gasteiger charge is 2.24. The number of hydrogen-bond acceptors (Lipinski definition) is 6. The lowest BCUT2D eigenvalue weighted by Crippen LogP contribution is -2.46. The average Bonchev–Trinajstić information content (AvgIpc) is 3.36. The van der Waals surface area contributed by atoms with E-state index in [1.807, 2.05) is 21.1 Å². The van der Waals surface area contributed by atoms with Crippen LogP contribution in [0.4, 0.5) is 0 Å². The minimum atomic E-state index is -4.57. The van der Waals surface area contributed by atoms with E-state index in [1.54, 1.807) is 0 Å². The Kier molecular flexibility index (Phi) is 55.9. The Morgan fingerprint density at radius 1 is 0.473 bits per heavy atom. The number of aliphatic hydroxyl groups excluding tert-OH is 1. The topological polar surface area (TPSA) is 108 Å². The van der Waals surface area contributed by atoms with E-state index < -0.39 is 20.0 Å². The number of phosphoric acid groups is 1. The normalized spacial score (nSPS) is 13.9. The first-order valence-electron chi connectivity index (χ1n) is 32.7. The summed E-state index contributed by atoms with van der Waals surface area (Å²) in [6, 6.07) is -0.800. The van der Waals surface area contributed by atoms with Crippen LogP contribution in [0, 0.1) is 0 Å². The first kappa shape index (κ1) is 73.0. The quantitative estimate of drug-likeness (QED) is 0.0272. The van der Waals surface area contributed by atoms with Gasteiger partial charge in [-0.2, -0.15) is 0 Å². The van der Waals surface area contributed by atoms with Crippen LogP contribution in [0.5, 0.6) is 0 Å². The Morgan fingerprint density at radius 3 is 1.12 bits per heavy atom. The van der Waals surface area contributed by atoms with E-state index in [-0.39, 0.29) is 19.1 Å². The number of quaternary nitrogens is 1. The fraction of sp³-hybridized carbons (Fsp3) is 0.923. The number of unbranched alkanes of at least 4 members (excludes halogenated alkanes) is 44. The zero-order chi connectivity index (χ0) is 54.2. The maximum Gasteiger partial charge on any atom is 0.268 e. The summed E-state index contributed by atoms with van der Waals surface area (Å²) in [5.41, 5.74) is 0. The molecule has 2 N–H and O–H groups in total. The molecule has 0 saturated carbocycles. The largest absolute Gasteiger partial charge is 0.756 e. The van der Waals surface area contributed by atoms with Crippen molar-refractivity contribution in [2.45, 2.75) is 347 Å². The molecule has 0 fully saturated rings. The lowest BCUT2D eigenvalue weighted by atomic mass is 10.0. The summed E-state index contributed by atoms with van der Waals surface area (Å²) in [7, 11) is 1.32. The summed E-state index contributed by atoms with van der Waals surface area (Å²) in [6.07, 6.45) is 72.3. The van der Waals surface area contributed by atoms with Gasteiger partial charge in [-0.1, -0.05) is 308 Å². The van der Waals surface area contributed by atoms with Crippen LogP contribution in [0.25, 0.3) is 0 Å². The van der Waals surface area contributed by atoms with Crippen LogP contribution < -0.4 is 10.2 Å². The molecular formula is C65H129N2O6P. The second-order valence-corrected chi connectivity index (χ2v) is 25.2. The molecule has 0 aliphatic carbocycles. The van der Waals surface area contributed by atoms with Crippen molar-refractivity contribution < 1.29 is 32.9 Å². The first-order chi connectivity index (χ1) is 36.0. The third-order valence-corrected chi connectivity index (χ3v) is 16.2. The van der Waals surface area contributed by atoms with Crippen molar-refractivity contribution in [3.63, 3.8) is 0 Å². The lowest BCUT2D eigenvalue weighted by molar-refractivity contribution is -0.870. The van der Waals surface area contributed by atoms with Gasteiger partial charge in [0.05, 0.1) is 39.9 Å². The average molecular weight is 1070 g/mol. The molecule has 0 aromatic heterocycles. The van der Waals surface area contributed by atoms with Gasteiger partial charge in [-0.3, -0.25) is 9.36 Å². The van der Waals surface area contributed by atoms with E-state index in [2.05, 4.69) is 43.5 Å². The van der Waals surface area contributed by atoms with Crippen LogP contribution in [0.3, 0.4) is 0 Å². The third-order valence-electron chi connectivity index (χ3n) is 15.2. The van der Waals surface area contributed by atoms with Crippen molar-refractivity contribution in [3.05, 3.63) is 24.3 Å². The van der Waals surface area contributed by atoms with Gasteiger partial charge in [-0.15, -0.1) is 0 Å². The molecule has 8 nitrogen and oxygen atoms in total. The summed E-state index contributed by atoms with van der Waals surface area (Å²) in [4.78, 5) is 25.6. The number of rotatable bonds is 61. The maximum absolute atomic E-state index is 13.0. The lowest BCUT2D eigenvalue weighted by Gasteiger charge is -2.30. The highest BCUT2D eigenvalue weighted by Crippen LogP contribution is 2.38. The Bertz CT molecular complexity index is 1260. The number of likely N-dealkylation sites (N-methyl/N-ethyl adjacent to an activating group) is 1. The van der Waals surface area contributed by atoms with E-state index >= 15 is 0 Å². The number of amides is 1. The van der Waals surface area contributed by atoms with E-state index in [4.69, 9.17) is 9.05 Å². The molecule has 0 spiro atoms. The smallest absolute Gasteiger partial charge is 0.268 e. The van der Waals surface area contributed by atoms with Crippen LogP contribution >= 0.6 is 7.82 Å². The van der Waals surface area contributed by atoms with Gasteiger partial charge < -0.3 is 28.8 Å². The van der Waals surface area contributed by atoms with Crippen molar-refractivity contribution in [2.75, 3.05) is 40.9 Å². The van der Waals surface area contributed by atoms with E-state index in [0.29, 0.717) is 23.9 Å². The molecular weight excluding hydrogens is 936 g/mol. The number of allylic oxidation sites excluding steroid dienone is 4. The van der Waals surface area contributed by atoms with Crippen molar-refractivity contribution in [3.8, 4) is 0 Å². The van der Waals surface area contributed by atoms with Crippen molar-refractivity contribution in [1.82, 2.24) is 5.32 Å². The van der Waals surface area contributed by atoms with Gasteiger partial charge in [0.2, 0.25) is 5.91 Å². The van der Waals surface area contributed by atoms with Gasteiger partial charge in [0, 0.05) is 6.42 Å². The molecule has 0 aromatic rings. The zero-order valence-corrected chi connectivity index (χ0v) is 51.2. The van der Waals surface area contributed by atoms with Crippen LogP contribution in [0.2, 0.25) is 0 Å². The van der Waals surface area contributed by atoms with Gasteiger partial charge in [-0.25, -0.2) is 0 Å². The molecule has 74 heavy (non-hydrogen) atoms. The molecule has 0 aliphatic heterocycles. The molecule has 1 amide bonds. The van der Waals surface area contributed by atoms with E-state index in [9.17, 15) is 19.4 Å². The summed E-state index contributed by atoms with van der Waals surface area (Å²) < 4.78 is 23.5. The highest BCUT2D eigenvalue weighted by molar-refractivity contribution is 7.45. The monoisotopic (exact) mass is 1060 g/mol. The minimum Gasteiger partial charge on any atom is -0.756 e. The third kappa shape index (κ3) is 58.7. The summed E-state index contributed by atoms with van der Waals surface area (Å²) in [5.74, 6) is -0.159. The van der Waals surface area contributed by atoms with Crippen LogP contribution in [-0.2, 0) is 18.4 Å². The molecule has 0 radical (unpaired) electrons. The van der Waals surface area contributed by atoms with Gasteiger partial charge in [0.25, 0.3) is 7.82 Å². The van der Waals surface area contributed by atoms with E-state index in [0.717, 1.165) is 44.9 Å². The number of nitrogens with zero attached hydrogens (tertiary/aromatic N) is 1. The first-order valence-corrected chi connectivity index (χ1v) is 34.1. The highest BCUT2D eigenvalue weighted by atomic mass is 31.2. The van der Waals surface area contributed by atoms with Crippen LogP contribution in [0.15, 0.2) is 24.3 Å². The summed E-state index contributed by atoms with van der Waals surface area (Å²) >= 11 is 0. The van der Waals surface area contributed by atoms with Crippen molar-refractivity contribution >= 4 is 13.7 Å². The molecule has 0 aliphatic rings. The fourth-order valence-electron chi connectivity index (χ4n) is 10.1. The van der Waals surface area contributed by atoms with Crippen molar-refractivity contribution in [1.29, 1.82) is 0 Å². The Balaban J connectivity index is 4.04. The predicted octanol–water partition coefficient (Wildman–Crippen LogP) is 19.7. The van der Waals surface area contributed by atoms with Crippen molar-refractivity contribution in [2.24, 2.45) is 0 Å². The summed E-state index contributed by atoms with van der Waals surface area (Å²) in [5, 5.41) is 14.1. The zero-order valence-electron chi connectivity index (χ0n) is 50.3. The SMILES string of the molecule is CCCCCCCCCCC/C=C\C/C=C\CCCCCCCCCCCCCCCCCC(=O)NC(COP(=O)([O-])OCC[N+](C)(C)C)C(O)CCCCCCCCCCCCCCCCCCCCCCC. The molecule has 3 atom stereocenters. The molecule has 0 bridgehead atoms. The van der Waals surface area contributed by atoms with Crippen LogP contribution in [-0.4, -0.2) is 68.5 Å². The maximum atomic E-state index is 13.0. The molecule has 440 valence electrons. The van der Waals surface area contributed by atoms with Gasteiger partial charge in [-0.05, 0) is 44.9 Å². The standard InChI is InChI=1S/C65H129N2O6P/c1-6-8-10-12-14-16-18-20-22-24-26-28-29-30-31-32-33-34-35-36-37-39-41-43-45-47-49-51-53-55-57-59-65(69)66-63(62-73-74(70,71)72-61-60-67(3,4)5)64(68)58-56-54-52-50-48-46-44-42-40-38-27-25-23-21-19-17-15-13-11-9-7-2/h26,28,30-31,63-64,68H,6-25,27,29,32-62H2,1-5H3,(H-,66,69,70,71)/b28-26-,31-30-. The molecule has 9 heteroatoms. The molecule has 0 rings (SSSR count). The second kappa shape index (κ2) is 56.7. The van der Waals surface area contributed by atoms with Gasteiger partial charge in [0.1, 0.15) is 13.2 Å². The fourth-order valence-corrected chi connectivity index (χ4v) is 10.8. The summed E-state index contributed by atoms with van der Waals surface area (Å²) in [6.45, 7) is 4.77. The van der Waals surface area contributed by atoms with Gasteiger partial charge >= 0.3 is 0 Å². The number of carbonyl (C=O) groups is 1. The van der Waals surface area contributed by atoms with Crippen LogP contribution in [0.1, 0.15) is 335 Å². The van der Waals surface area contributed by atoms with Gasteiger partial charge in [0.15, 0.2) is 0 Å². The number of carbonyl (C=O) groups excluding carboxylic acids is 1. The number of phosphoric ester groups is 1. The number of nitrogens with one attached hydrogen (secondary N) is 1. The number of hydrogen-bond donors (Lipinski definition) is 2. The molecule has 0 saturated heterocycles.